The van der Waals surface area contributed by atoms with Crippen LogP contribution in [0.2, 0.25) is 0 Å². The first kappa shape index (κ1) is 22.6. The van der Waals surface area contributed by atoms with Crippen molar-refractivity contribution < 1.29 is 22.7 Å². The smallest absolute Gasteiger partial charge is 0.373 e. The van der Waals surface area contributed by atoms with E-state index in [0.29, 0.717) is 12.2 Å². The maximum Gasteiger partial charge on any atom is 0.416 e. The average Bonchev–Trinajstić information content (AvgIpc) is 2.81. The van der Waals surface area contributed by atoms with Crippen LogP contribution in [0.1, 0.15) is 39.6 Å². The van der Waals surface area contributed by atoms with Gasteiger partial charge in [-0.15, -0.1) is 0 Å². The molecule has 0 aromatic heterocycles. The Morgan fingerprint density at radius 1 is 1.09 bits per heavy atom. The molecule has 172 valence electrons. The lowest BCUT2D eigenvalue weighted by Crippen LogP contribution is -2.47. The second-order valence-corrected chi connectivity index (χ2v) is 8.26. The zero-order chi connectivity index (χ0) is 22.7. The zero-order valence-electron chi connectivity index (χ0n) is 18.1. The van der Waals surface area contributed by atoms with E-state index in [-0.39, 0.29) is 12.0 Å². The van der Waals surface area contributed by atoms with Crippen LogP contribution in [0.5, 0.6) is 0 Å². The number of ether oxygens (including phenoxy) is 1. The number of halogens is 3. The van der Waals surface area contributed by atoms with Gasteiger partial charge in [-0.25, -0.2) is 0 Å². The molecular formula is C24H28F3N3O2. The van der Waals surface area contributed by atoms with Crippen molar-refractivity contribution in [3.8, 4) is 0 Å². The number of rotatable bonds is 5. The second kappa shape index (κ2) is 9.50. The molecule has 2 aromatic carbocycles. The molecule has 2 aliphatic rings. The van der Waals surface area contributed by atoms with E-state index in [1.807, 2.05) is 18.2 Å². The van der Waals surface area contributed by atoms with Crippen LogP contribution in [0.15, 0.2) is 42.5 Å². The third-order valence-corrected chi connectivity index (χ3v) is 6.31. The summed E-state index contributed by atoms with van der Waals surface area (Å²) in [7, 11) is 1.63. The predicted octanol–water partition coefficient (Wildman–Crippen LogP) is 3.89. The van der Waals surface area contributed by atoms with Gasteiger partial charge < -0.3 is 15.0 Å². The van der Waals surface area contributed by atoms with Crippen molar-refractivity contribution in [2.45, 2.75) is 25.1 Å². The van der Waals surface area contributed by atoms with Crippen LogP contribution in [0, 0.1) is 0 Å². The number of hydrogen-bond acceptors (Lipinski definition) is 4. The normalized spacial score (nSPS) is 19.5. The number of amides is 1. The van der Waals surface area contributed by atoms with Crippen molar-refractivity contribution >= 4 is 11.6 Å². The first-order valence-electron chi connectivity index (χ1n) is 11.0. The number of hydrogen-bond donors (Lipinski definition) is 1. The molecule has 4 rings (SSSR count). The Kier molecular flexibility index (Phi) is 6.71. The van der Waals surface area contributed by atoms with E-state index in [0.717, 1.165) is 68.9 Å². The molecule has 5 nitrogen and oxygen atoms in total. The van der Waals surface area contributed by atoms with Crippen LogP contribution in [0.25, 0.3) is 0 Å². The molecule has 0 bridgehead atoms. The molecule has 32 heavy (non-hydrogen) atoms. The molecule has 0 saturated carbocycles. The van der Waals surface area contributed by atoms with E-state index in [4.69, 9.17) is 4.74 Å². The molecule has 2 aliphatic heterocycles. The van der Waals surface area contributed by atoms with Gasteiger partial charge in [0.2, 0.25) is 0 Å². The van der Waals surface area contributed by atoms with Crippen molar-refractivity contribution in [2.75, 3.05) is 51.3 Å². The fourth-order valence-electron chi connectivity index (χ4n) is 4.45. The van der Waals surface area contributed by atoms with Crippen LogP contribution in [0.4, 0.5) is 18.9 Å². The maximum atomic E-state index is 12.8. The minimum Gasteiger partial charge on any atom is -0.373 e. The Morgan fingerprint density at radius 3 is 2.47 bits per heavy atom. The highest BCUT2D eigenvalue weighted by molar-refractivity contribution is 5.94. The van der Waals surface area contributed by atoms with E-state index in [9.17, 15) is 18.0 Å². The molecular weight excluding hydrogens is 419 g/mol. The van der Waals surface area contributed by atoms with E-state index in [1.165, 1.54) is 5.56 Å². The molecule has 2 heterocycles. The van der Waals surface area contributed by atoms with E-state index >= 15 is 0 Å². The Labute approximate surface area is 186 Å². The van der Waals surface area contributed by atoms with Gasteiger partial charge in [-0.3, -0.25) is 9.69 Å². The monoisotopic (exact) mass is 447 g/mol. The first-order chi connectivity index (χ1) is 15.3. The lowest BCUT2D eigenvalue weighted by molar-refractivity contribution is -0.137. The average molecular weight is 448 g/mol. The van der Waals surface area contributed by atoms with Gasteiger partial charge in [0.05, 0.1) is 18.3 Å². The number of carbonyl (C=O) groups excluding carboxylic acids is 1. The van der Waals surface area contributed by atoms with Gasteiger partial charge in [0.15, 0.2) is 0 Å². The summed E-state index contributed by atoms with van der Waals surface area (Å²) in [5, 5.41) is 2.66. The van der Waals surface area contributed by atoms with Crippen molar-refractivity contribution in [1.29, 1.82) is 0 Å². The summed E-state index contributed by atoms with van der Waals surface area (Å²) < 4.78 is 44.3. The Bertz CT molecular complexity index is 938. The number of anilines is 1. The molecule has 1 N–H and O–H groups in total. The first-order valence-corrected chi connectivity index (χ1v) is 11.0. The maximum absolute atomic E-state index is 12.8. The molecule has 1 fully saturated rings. The molecule has 0 radical (unpaired) electrons. The minimum atomic E-state index is -4.30. The summed E-state index contributed by atoms with van der Waals surface area (Å²) in [6.07, 6.45) is -2.61. The lowest BCUT2D eigenvalue weighted by Gasteiger charge is -2.37. The fourth-order valence-corrected chi connectivity index (χ4v) is 4.45. The molecule has 0 spiro atoms. The topological polar surface area (TPSA) is 44.8 Å². The quantitative estimate of drug-likeness (QED) is 0.756. The third-order valence-electron chi connectivity index (χ3n) is 6.31. The van der Waals surface area contributed by atoms with Crippen molar-refractivity contribution in [1.82, 2.24) is 10.2 Å². The Hall–Kier alpha value is -2.58. The highest BCUT2D eigenvalue weighted by Crippen LogP contribution is 2.32. The van der Waals surface area contributed by atoms with Gasteiger partial charge in [0.25, 0.3) is 5.91 Å². The molecule has 2 aromatic rings. The Morgan fingerprint density at radius 2 is 1.81 bits per heavy atom. The molecule has 1 amide bonds. The molecule has 1 saturated heterocycles. The minimum absolute atomic E-state index is 0.0189. The molecule has 8 heteroatoms. The summed E-state index contributed by atoms with van der Waals surface area (Å²) in [6.45, 7) is 4.82. The van der Waals surface area contributed by atoms with E-state index in [2.05, 4.69) is 15.1 Å². The Balaban J connectivity index is 1.30. The van der Waals surface area contributed by atoms with Crippen LogP contribution >= 0.6 is 0 Å². The van der Waals surface area contributed by atoms with Gasteiger partial charge in [-0.1, -0.05) is 6.07 Å². The van der Waals surface area contributed by atoms with Gasteiger partial charge in [-0.05, 0) is 60.4 Å². The number of nitrogens with zero attached hydrogens (tertiary/aromatic N) is 2. The van der Waals surface area contributed by atoms with Crippen molar-refractivity contribution in [2.24, 2.45) is 0 Å². The summed E-state index contributed by atoms with van der Waals surface area (Å²) in [6, 6.07) is 11.2. The second-order valence-electron chi connectivity index (χ2n) is 8.26. The number of carbonyl (C=O) groups is 1. The number of benzene rings is 2. The highest BCUT2D eigenvalue weighted by Gasteiger charge is 2.30. The van der Waals surface area contributed by atoms with Crippen LogP contribution in [-0.4, -0.2) is 57.2 Å². The van der Waals surface area contributed by atoms with Crippen LogP contribution in [-0.2, 0) is 17.3 Å². The molecule has 0 aliphatic carbocycles. The summed E-state index contributed by atoms with van der Waals surface area (Å²) in [4.78, 5) is 16.4. The van der Waals surface area contributed by atoms with E-state index in [1.54, 1.807) is 19.2 Å². The largest absolute Gasteiger partial charge is 0.416 e. The summed E-state index contributed by atoms with van der Waals surface area (Å²) in [5.74, 6) is -0.0817. The van der Waals surface area contributed by atoms with Crippen LogP contribution in [0.3, 0.4) is 0 Å². The van der Waals surface area contributed by atoms with Gasteiger partial charge in [0, 0.05) is 51.0 Å². The number of alkyl halides is 3. The number of nitrogens with one attached hydrogen (secondary N) is 1. The third kappa shape index (κ3) is 5.07. The SMILES string of the molecule is CNC(=O)c1ccc2c(c1)CCO[C@H]2CCN1CCN(c2ccc(C(F)(F)F)cc2)CC1. The summed E-state index contributed by atoms with van der Waals surface area (Å²) >= 11 is 0. The van der Waals surface area contributed by atoms with Gasteiger partial charge in [0.1, 0.15) is 0 Å². The molecule has 0 unspecified atom stereocenters. The van der Waals surface area contributed by atoms with Gasteiger partial charge >= 0.3 is 6.18 Å². The van der Waals surface area contributed by atoms with Crippen molar-refractivity contribution in [3.63, 3.8) is 0 Å². The summed E-state index contributed by atoms with van der Waals surface area (Å²) in [5.41, 5.74) is 3.22. The zero-order valence-corrected chi connectivity index (χ0v) is 18.1. The van der Waals surface area contributed by atoms with Crippen LogP contribution < -0.4 is 10.2 Å². The lowest BCUT2D eigenvalue weighted by atomic mass is 9.93. The molecule has 1 atom stereocenters. The van der Waals surface area contributed by atoms with Crippen molar-refractivity contribution in [3.05, 3.63) is 64.7 Å². The van der Waals surface area contributed by atoms with E-state index < -0.39 is 11.7 Å². The number of piperazine rings is 1. The standard InChI is InChI=1S/C24H28F3N3O2/c1-28-23(31)18-2-7-21-17(16-18)9-15-32-22(21)8-10-29-11-13-30(14-12-29)20-5-3-19(4-6-20)24(25,26)27/h2-7,16,22H,8-15H2,1H3,(H,28,31)/t22-/m0/s1. The van der Waals surface area contributed by atoms with Gasteiger partial charge in [-0.2, -0.15) is 13.2 Å². The predicted molar refractivity (Wildman–Crippen MR) is 117 cm³/mol. The number of fused-ring (bicyclic) bond motifs is 1. The highest BCUT2D eigenvalue weighted by atomic mass is 19.4. The fraction of sp³-hybridized carbons (Fsp3) is 0.458.